The van der Waals surface area contributed by atoms with E-state index in [2.05, 4.69) is 57.8 Å². The molecule has 138 valence electrons. The minimum absolute atomic E-state index is 0.0939. The van der Waals surface area contributed by atoms with Crippen molar-refractivity contribution >= 4 is 17.2 Å². The molecule has 4 rings (SSSR count). The molecule has 26 heavy (non-hydrogen) atoms. The Bertz CT molecular complexity index is 745. The number of carbonyl (C=O) groups excluding carboxylic acids is 1. The van der Waals surface area contributed by atoms with Crippen LogP contribution in [0.5, 0.6) is 0 Å². The molecule has 2 aliphatic heterocycles. The molecule has 3 heterocycles. The van der Waals surface area contributed by atoms with Crippen molar-refractivity contribution in [2.75, 3.05) is 6.54 Å². The quantitative estimate of drug-likeness (QED) is 0.839. The normalized spacial score (nSPS) is 25.3. The summed E-state index contributed by atoms with van der Waals surface area (Å²) in [7, 11) is 0. The van der Waals surface area contributed by atoms with Crippen LogP contribution in [-0.4, -0.2) is 28.4 Å². The summed E-state index contributed by atoms with van der Waals surface area (Å²) in [6.45, 7) is 3.83. The van der Waals surface area contributed by atoms with Crippen molar-refractivity contribution in [3.8, 4) is 0 Å². The number of amides is 1. The van der Waals surface area contributed by atoms with Gasteiger partial charge in [0.2, 0.25) is 5.91 Å². The molecular formula is C21H27N3OS. The van der Waals surface area contributed by atoms with E-state index in [4.69, 9.17) is 0 Å². The zero-order chi connectivity index (χ0) is 17.9. The molecule has 5 heteroatoms. The van der Waals surface area contributed by atoms with Gasteiger partial charge in [-0.3, -0.25) is 9.69 Å². The molecule has 3 atom stereocenters. The smallest absolute Gasteiger partial charge is 0.225 e. The van der Waals surface area contributed by atoms with Crippen LogP contribution >= 0.6 is 11.3 Å². The summed E-state index contributed by atoms with van der Waals surface area (Å²) in [4.78, 5) is 20.1. The minimum atomic E-state index is 0.0939. The molecule has 0 radical (unpaired) electrons. The van der Waals surface area contributed by atoms with Gasteiger partial charge in [0.05, 0.1) is 23.2 Å². The van der Waals surface area contributed by atoms with Crippen molar-refractivity contribution < 1.29 is 4.79 Å². The van der Waals surface area contributed by atoms with Crippen molar-refractivity contribution in [1.82, 2.24) is 15.2 Å². The molecule has 2 aliphatic rings. The fourth-order valence-electron chi connectivity index (χ4n) is 4.52. The first-order valence-corrected chi connectivity index (χ1v) is 10.7. The number of nitrogens with one attached hydrogen (secondary N) is 1. The zero-order valence-electron chi connectivity index (χ0n) is 15.4. The predicted octanol–water partition coefficient (Wildman–Crippen LogP) is 3.94. The van der Waals surface area contributed by atoms with Gasteiger partial charge in [-0.25, -0.2) is 4.98 Å². The first kappa shape index (κ1) is 17.7. The van der Waals surface area contributed by atoms with E-state index in [1.165, 1.54) is 17.0 Å². The van der Waals surface area contributed by atoms with E-state index < -0.39 is 0 Å². The number of hydrogen-bond acceptors (Lipinski definition) is 4. The lowest BCUT2D eigenvalue weighted by Crippen LogP contribution is -2.37. The van der Waals surface area contributed by atoms with Crippen molar-refractivity contribution in [2.24, 2.45) is 5.92 Å². The summed E-state index contributed by atoms with van der Waals surface area (Å²) in [6, 6.07) is 11.4. The molecule has 1 aromatic heterocycles. The van der Waals surface area contributed by atoms with Crippen LogP contribution in [0, 0.1) is 5.92 Å². The number of nitrogens with zero attached hydrogens (tertiary/aromatic N) is 2. The number of thiazole rings is 1. The van der Waals surface area contributed by atoms with Gasteiger partial charge in [-0.05, 0) is 44.2 Å². The highest BCUT2D eigenvalue weighted by Gasteiger charge is 2.46. The van der Waals surface area contributed by atoms with Crippen LogP contribution < -0.4 is 5.32 Å². The lowest BCUT2D eigenvalue weighted by atomic mass is 9.93. The van der Waals surface area contributed by atoms with E-state index in [1.807, 2.05) is 0 Å². The van der Waals surface area contributed by atoms with Gasteiger partial charge in [0.1, 0.15) is 0 Å². The SMILES string of the molecule is CCCc1nc(CNC(=O)[C@H]2C[C@@H](c3ccccc3)N3CCC[C@H]23)cs1. The average molecular weight is 370 g/mol. The first-order valence-electron chi connectivity index (χ1n) is 9.78. The molecule has 0 bridgehead atoms. The van der Waals surface area contributed by atoms with Gasteiger partial charge in [-0.2, -0.15) is 0 Å². The summed E-state index contributed by atoms with van der Waals surface area (Å²) in [5.74, 6) is 0.293. The third kappa shape index (κ3) is 3.55. The second kappa shape index (κ2) is 7.89. The second-order valence-electron chi connectivity index (χ2n) is 7.42. The largest absolute Gasteiger partial charge is 0.350 e. The molecule has 0 unspecified atom stereocenters. The number of rotatable bonds is 6. The molecule has 1 aromatic carbocycles. The van der Waals surface area contributed by atoms with E-state index in [-0.39, 0.29) is 11.8 Å². The molecule has 1 N–H and O–H groups in total. The third-order valence-corrected chi connectivity index (χ3v) is 6.67. The van der Waals surface area contributed by atoms with Crippen LogP contribution in [0.4, 0.5) is 0 Å². The first-order chi connectivity index (χ1) is 12.8. The Morgan fingerprint density at radius 3 is 3.00 bits per heavy atom. The summed E-state index contributed by atoms with van der Waals surface area (Å²) >= 11 is 1.70. The Hall–Kier alpha value is -1.72. The van der Waals surface area contributed by atoms with Crippen molar-refractivity contribution in [2.45, 2.75) is 57.7 Å². The summed E-state index contributed by atoms with van der Waals surface area (Å²) in [6.07, 6.45) is 5.40. The Balaban J connectivity index is 1.41. The number of carbonyl (C=O) groups is 1. The molecule has 1 amide bonds. The fraction of sp³-hybridized carbons (Fsp3) is 0.524. The maximum Gasteiger partial charge on any atom is 0.225 e. The number of aryl methyl sites for hydroxylation is 1. The van der Waals surface area contributed by atoms with E-state index >= 15 is 0 Å². The lowest BCUT2D eigenvalue weighted by Gasteiger charge is -2.24. The number of aromatic nitrogens is 1. The maximum absolute atomic E-state index is 12.9. The predicted molar refractivity (Wildman–Crippen MR) is 105 cm³/mol. The third-order valence-electron chi connectivity index (χ3n) is 5.71. The van der Waals surface area contributed by atoms with E-state index in [9.17, 15) is 4.79 Å². The molecule has 0 saturated carbocycles. The maximum atomic E-state index is 12.9. The molecule has 2 aromatic rings. The molecule has 2 saturated heterocycles. The highest BCUT2D eigenvalue weighted by atomic mass is 32.1. The summed E-state index contributed by atoms with van der Waals surface area (Å²) in [5, 5.41) is 6.41. The Kier molecular flexibility index (Phi) is 5.36. The van der Waals surface area contributed by atoms with Crippen LogP contribution in [0.2, 0.25) is 0 Å². The molecule has 0 spiro atoms. The number of benzene rings is 1. The van der Waals surface area contributed by atoms with Gasteiger partial charge >= 0.3 is 0 Å². The Morgan fingerprint density at radius 1 is 1.35 bits per heavy atom. The highest BCUT2D eigenvalue weighted by Crippen LogP contribution is 2.44. The van der Waals surface area contributed by atoms with Crippen LogP contribution in [0.1, 0.15) is 54.9 Å². The Labute approximate surface area is 159 Å². The minimum Gasteiger partial charge on any atom is -0.350 e. The molecular weight excluding hydrogens is 342 g/mol. The van der Waals surface area contributed by atoms with Crippen LogP contribution in [0.15, 0.2) is 35.7 Å². The zero-order valence-corrected chi connectivity index (χ0v) is 16.2. The van der Waals surface area contributed by atoms with Gasteiger partial charge in [-0.15, -0.1) is 11.3 Å². The van der Waals surface area contributed by atoms with Gasteiger partial charge < -0.3 is 5.32 Å². The number of fused-ring (bicyclic) bond motifs is 1. The van der Waals surface area contributed by atoms with Gasteiger partial charge in [0.25, 0.3) is 0 Å². The molecule has 4 nitrogen and oxygen atoms in total. The number of hydrogen-bond donors (Lipinski definition) is 1. The van der Waals surface area contributed by atoms with Crippen molar-refractivity contribution in [3.63, 3.8) is 0 Å². The van der Waals surface area contributed by atoms with Gasteiger partial charge in [0, 0.05) is 17.5 Å². The monoisotopic (exact) mass is 369 g/mol. The highest BCUT2D eigenvalue weighted by molar-refractivity contribution is 7.09. The van der Waals surface area contributed by atoms with Crippen LogP contribution in [0.3, 0.4) is 0 Å². The van der Waals surface area contributed by atoms with E-state index in [1.54, 1.807) is 11.3 Å². The van der Waals surface area contributed by atoms with Gasteiger partial charge in [0.15, 0.2) is 0 Å². The van der Waals surface area contributed by atoms with Crippen LogP contribution in [0.25, 0.3) is 0 Å². The topological polar surface area (TPSA) is 45.2 Å². The summed E-state index contributed by atoms with van der Waals surface area (Å²) in [5.41, 5.74) is 2.34. The van der Waals surface area contributed by atoms with E-state index in [0.717, 1.165) is 37.9 Å². The standard InChI is InChI=1S/C21H27N3OS/c1-2-7-20-23-16(14-26-20)13-22-21(25)17-12-19(15-8-4-3-5-9-15)24-11-6-10-18(17)24/h3-5,8-9,14,17-19H,2,6-7,10-13H2,1H3,(H,22,25)/t17-,18+,19-/m0/s1. The Morgan fingerprint density at radius 2 is 2.19 bits per heavy atom. The van der Waals surface area contributed by atoms with Crippen molar-refractivity contribution in [1.29, 1.82) is 0 Å². The molecule has 0 aliphatic carbocycles. The second-order valence-corrected chi connectivity index (χ2v) is 8.36. The fourth-order valence-corrected chi connectivity index (χ4v) is 5.42. The van der Waals surface area contributed by atoms with Crippen molar-refractivity contribution in [3.05, 3.63) is 52.0 Å². The van der Waals surface area contributed by atoms with E-state index in [0.29, 0.717) is 18.6 Å². The van der Waals surface area contributed by atoms with Crippen LogP contribution in [-0.2, 0) is 17.8 Å². The lowest BCUT2D eigenvalue weighted by molar-refractivity contribution is -0.125. The summed E-state index contributed by atoms with van der Waals surface area (Å²) < 4.78 is 0. The van der Waals surface area contributed by atoms with Gasteiger partial charge in [-0.1, -0.05) is 37.3 Å². The molecule has 2 fully saturated rings. The average Bonchev–Trinajstić information content (AvgIpc) is 3.37.